The molecule has 15 heavy (non-hydrogen) atoms. The van der Waals surface area contributed by atoms with Crippen molar-refractivity contribution in [2.75, 3.05) is 0 Å². The van der Waals surface area contributed by atoms with Crippen LogP contribution >= 0.6 is 7.81 Å². The molecule has 0 radical (unpaired) electrons. The van der Waals surface area contributed by atoms with E-state index in [1.807, 2.05) is 24.0 Å². The van der Waals surface area contributed by atoms with Crippen LogP contribution in [0.15, 0.2) is 24.5 Å². The number of aryl methyl sites for hydroxylation is 2. The van der Waals surface area contributed by atoms with Gasteiger partial charge in [0, 0.05) is 12.1 Å². The van der Waals surface area contributed by atoms with Gasteiger partial charge in [-0.05, 0) is 12.5 Å². The molecule has 1 aromatic heterocycles. The van der Waals surface area contributed by atoms with Crippen molar-refractivity contribution in [2.45, 2.75) is 6.92 Å². The first-order valence-electron chi connectivity index (χ1n) is 3.72. The van der Waals surface area contributed by atoms with Gasteiger partial charge in [-0.2, -0.15) is 0 Å². The second-order valence-corrected chi connectivity index (χ2v) is 4.92. The van der Waals surface area contributed by atoms with Gasteiger partial charge in [0.15, 0.2) is 12.4 Å². The molecule has 0 saturated heterocycles. The van der Waals surface area contributed by atoms with E-state index in [9.17, 15) is 25.2 Å². The zero-order valence-corrected chi connectivity index (χ0v) is 8.87. The molecule has 0 atom stereocenters. The maximum atomic E-state index is 9.87. The Kier molecular flexibility index (Phi) is 3.15. The summed E-state index contributed by atoms with van der Waals surface area (Å²) in [4.78, 5) is 0. The fourth-order valence-electron chi connectivity index (χ4n) is 0.576. The molecule has 90 valence electrons. The van der Waals surface area contributed by atoms with Gasteiger partial charge >= 0.3 is 33.0 Å². The normalized spacial score (nSPS) is 15.7. The van der Waals surface area contributed by atoms with Crippen LogP contribution in [0.5, 0.6) is 0 Å². The first-order chi connectivity index (χ1) is 6.24. The van der Waals surface area contributed by atoms with E-state index < -0.39 is 7.81 Å². The third-order valence-electron chi connectivity index (χ3n) is 1.15. The van der Waals surface area contributed by atoms with Gasteiger partial charge < -0.3 is 0 Å². The third-order valence-corrected chi connectivity index (χ3v) is 1.15. The van der Waals surface area contributed by atoms with E-state index in [1.165, 1.54) is 5.56 Å². The molecule has 0 N–H and O–H groups in total. The Morgan fingerprint density at radius 2 is 1.20 bits per heavy atom. The van der Waals surface area contributed by atoms with Crippen LogP contribution in [0.1, 0.15) is 5.56 Å². The van der Waals surface area contributed by atoms with Crippen molar-refractivity contribution in [2.24, 2.45) is 7.05 Å². The van der Waals surface area contributed by atoms with E-state index in [2.05, 4.69) is 19.1 Å². The average molecular weight is 253 g/mol. The quantitative estimate of drug-likeness (QED) is 0.370. The first-order valence-corrected chi connectivity index (χ1v) is 5.75. The molecule has 0 aliphatic rings. The zero-order chi connectivity index (χ0) is 12.4. The summed E-state index contributed by atoms with van der Waals surface area (Å²) >= 11 is 0. The fraction of sp³-hybridized carbons (Fsp3) is 0.286. The van der Waals surface area contributed by atoms with E-state index in [0.717, 1.165) is 0 Å². The van der Waals surface area contributed by atoms with Crippen LogP contribution in [0, 0.1) is 6.92 Å². The topological polar surface area (TPSA) is 3.88 Å². The van der Waals surface area contributed by atoms with Crippen LogP contribution in [-0.4, -0.2) is 0 Å². The Labute approximate surface area is 82.6 Å². The predicted octanol–water partition coefficient (Wildman–Crippen LogP) is 4.20. The maximum absolute atomic E-state index is 10.7. The Bertz CT molecular complexity index is 293. The fourth-order valence-corrected chi connectivity index (χ4v) is 0.576. The van der Waals surface area contributed by atoms with E-state index in [0.29, 0.717) is 0 Å². The second-order valence-electron chi connectivity index (χ2n) is 3.00. The molecule has 0 aliphatic heterocycles. The van der Waals surface area contributed by atoms with Gasteiger partial charge in [0.2, 0.25) is 0 Å². The van der Waals surface area contributed by atoms with Crippen molar-refractivity contribution in [3.05, 3.63) is 30.1 Å². The van der Waals surface area contributed by atoms with Crippen molar-refractivity contribution in [1.29, 1.82) is 0 Å². The number of rotatable bonds is 0. The molecule has 1 nitrogen and oxygen atoms in total. The molecule has 0 aromatic carbocycles. The third kappa shape index (κ3) is 19.5. The van der Waals surface area contributed by atoms with Gasteiger partial charge in [0.05, 0.1) is 0 Å². The summed E-state index contributed by atoms with van der Waals surface area (Å²) in [6.45, 7) is 2.08. The van der Waals surface area contributed by atoms with E-state index in [1.54, 1.807) is 0 Å². The van der Waals surface area contributed by atoms with Crippen LogP contribution < -0.4 is 4.57 Å². The Hall–Kier alpha value is -0.840. The Morgan fingerprint density at radius 3 is 1.40 bits per heavy atom. The van der Waals surface area contributed by atoms with Crippen LogP contribution in [-0.2, 0) is 7.05 Å². The van der Waals surface area contributed by atoms with Crippen molar-refractivity contribution < 1.29 is 29.7 Å². The monoisotopic (exact) mass is 253 g/mol. The SMILES string of the molecule is Cc1cc[n+](C)cc1.F[P-](F)(F)(F)(F)F. The molecule has 0 bridgehead atoms. The molecule has 0 aliphatic carbocycles. The molecule has 1 rings (SSSR count). The molecule has 1 heterocycles. The van der Waals surface area contributed by atoms with Crippen molar-refractivity contribution >= 4 is 7.81 Å². The van der Waals surface area contributed by atoms with Gasteiger partial charge in [0.1, 0.15) is 7.05 Å². The molecule has 0 amide bonds. The molecular weight excluding hydrogens is 243 g/mol. The summed E-state index contributed by atoms with van der Waals surface area (Å²) < 4.78 is 61.2. The van der Waals surface area contributed by atoms with Crippen molar-refractivity contribution in [3.63, 3.8) is 0 Å². The van der Waals surface area contributed by atoms with Crippen molar-refractivity contribution in [3.8, 4) is 0 Å². The standard InChI is InChI=1S/C7H10N.F6P/c1-7-3-5-8(2)6-4-7;1-7(2,3,4,5)6/h3-6H,1-2H3;/q+1;-1. The minimum absolute atomic E-state index is 1.31. The Balaban J connectivity index is 0.000000265. The van der Waals surface area contributed by atoms with Gasteiger partial charge in [-0.1, -0.05) is 0 Å². The number of nitrogens with zero attached hydrogens (tertiary/aromatic N) is 1. The van der Waals surface area contributed by atoms with E-state index >= 15 is 0 Å². The van der Waals surface area contributed by atoms with Crippen molar-refractivity contribution in [1.82, 2.24) is 0 Å². The molecule has 0 unspecified atom stereocenters. The number of halogens is 6. The van der Waals surface area contributed by atoms with Gasteiger partial charge in [-0.3, -0.25) is 0 Å². The predicted molar refractivity (Wildman–Crippen MR) is 45.9 cm³/mol. The minimum atomic E-state index is -10.7. The number of hydrogen-bond acceptors (Lipinski definition) is 0. The summed E-state index contributed by atoms with van der Waals surface area (Å²) in [6.07, 6.45) is 4.07. The summed E-state index contributed by atoms with van der Waals surface area (Å²) in [6, 6.07) is 4.17. The number of pyridine rings is 1. The summed E-state index contributed by atoms with van der Waals surface area (Å²) in [7, 11) is -8.64. The van der Waals surface area contributed by atoms with Crippen LogP contribution in [0.3, 0.4) is 0 Å². The Morgan fingerprint density at radius 1 is 0.933 bits per heavy atom. The molecule has 0 saturated carbocycles. The van der Waals surface area contributed by atoms with Gasteiger partial charge in [-0.25, -0.2) is 4.57 Å². The van der Waals surface area contributed by atoms with Gasteiger partial charge in [-0.15, -0.1) is 0 Å². The molecule has 0 spiro atoms. The van der Waals surface area contributed by atoms with Crippen LogP contribution in [0.2, 0.25) is 0 Å². The van der Waals surface area contributed by atoms with E-state index in [-0.39, 0.29) is 0 Å². The van der Waals surface area contributed by atoms with Crippen LogP contribution in [0.4, 0.5) is 25.2 Å². The summed E-state index contributed by atoms with van der Waals surface area (Å²) in [5.41, 5.74) is 1.31. The number of aromatic nitrogens is 1. The van der Waals surface area contributed by atoms with E-state index in [4.69, 9.17) is 0 Å². The van der Waals surface area contributed by atoms with Gasteiger partial charge in [0.25, 0.3) is 0 Å². The van der Waals surface area contributed by atoms with Crippen LogP contribution in [0.25, 0.3) is 0 Å². The molecule has 8 heteroatoms. The summed E-state index contributed by atoms with van der Waals surface area (Å²) in [5, 5.41) is 0. The molecule has 0 fully saturated rings. The first kappa shape index (κ1) is 14.2. The zero-order valence-electron chi connectivity index (χ0n) is 7.97. The average Bonchev–Trinajstić information content (AvgIpc) is 1.88. The summed E-state index contributed by atoms with van der Waals surface area (Å²) in [5.74, 6) is 0. The molecular formula is C7H10F6NP. The number of hydrogen-bond donors (Lipinski definition) is 0. The molecule has 1 aromatic rings. The second kappa shape index (κ2) is 3.33.